The maximum Gasteiger partial charge on any atom is 0.194 e. The number of guanidine groups is 1. The number of piperazine rings is 2. The molecule has 2 aromatic rings. The molecule has 8 heteroatoms. The van der Waals surface area contributed by atoms with Crippen molar-refractivity contribution in [2.75, 3.05) is 76.3 Å². The Labute approximate surface area is 184 Å². The Morgan fingerprint density at radius 3 is 2.32 bits per heavy atom. The molecule has 0 unspecified atom stereocenters. The number of hydrogen-bond donors (Lipinski definition) is 1. The lowest BCUT2D eigenvalue weighted by Crippen LogP contribution is -2.52. The lowest BCUT2D eigenvalue weighted by Gasteiger charge is -2.37. The van der Waals surface area contributed by atoms with Crippen LogP contribution in [0.25, 0.3) is 0 Å². The molecule has 0 amide bonds. The largest absolute Gasteiger partial charge is 0.366 e. The second-order valence-corrected chi connectivity index (χ2v) is 8.14. The van der Waals surface area contributed by atoms with Gasteiger partial charge in [0.15, 0.2) is 5.96 Å². The minimum Gasteiger partial charge on any atom is -0.366 e. The zero-order valence-corrected chi connectivity index (χ0v) is 18.5. The molecule has 3 heterocycles. The molecule has 0 bridgehead atoms. The van der Waals surface area contributed by atoms with Gasteiger partial charge in [0.2, 0.25) is 0 Å². The number of benzene rings is 1. The van der Waals surface area contributed by atoms with Crippen molar-refractivity contribution in [2.24, 2.45) is 4.99 Å². The Balaban J connectivity index is 1.28. The average Bonchev–Trinajstić information content (AvgIpc) is 2.81. The number of aromatic nitrogens is 1. The number of likely N-dealkylation sites (N-methyl/N-ethyl adjacent to an activating group) is 1. The van der Waals surface area contributed by atoms with Gasteiger partial charge in [-0.15, -0.1) is 0 Å². The van der Waals surface area contributed by atoms with E-state index >= 15 is 0 Å². The Kier molecular flexibility index (Phi) is 6.86. The molecule has 0 saturated carbocycles. The van der Waals surface area contributed by atoms with Gasteiger partial charge in [0, 0.05) is 72.1 Å². The Hall–Kier alpha value is -2.87. The Morgan fingerprint density at radius 1 is 0.968 bits per heavy atom. The van der Waals surface area contributed by atoms with Gasteiger partial charge >= 0.3 is 0 Å². The smallest absolute Gasteiger partial charge is 0.194 e. The molecule has 166 valence electrons. The van der Waals surface area contributed by atoms with E-state index in [1.54, 1.807) is 13.1 Å². The molecule has 2 saturated heterocycles. The molecule has 2 aliphatic rings. The Morgan fingerprint density at radius 2 is 1.68 bits per heavy atom. The number of hydrogen-bond acceptors (Lipinski definition) is 5. The topological polar surface area (TPSA) is 50.2 Å². The van der Waals surface area contributed by atoms with Gasteiger partial charge in [-0.1, -0.05) is 18.2 Å². The molecule has 7 nitrogen and oxygen atoms in total. The molecule has 2 aliphatic heterocycles. The lowest BCUT2D eigenvalue weighted by molar-refractivity contribution is 0.312. The van der Waals surface area contributed by atoms with Crippen molar-refractivity contribution in [3.05, 3.63) is 54.0 Å². The highest BCUT2D eigenvalue weighted by Gasteiger charge is 2.21. The molecule has 2 fully saturated rings. The van der Waals surface area contributed by atoms with E-state index < -0.39 is 0 Å². The van der Waals surface area contributed by atoms with Crippen molar-refractivity contribution < 1.29 is 4.39 Å². The van der Waals surface area contributed by atoms with Crippen molar-refractivity contribution in [1.82, 2.24) is 20.1 Å². The van der Waals surface area contributed by atoms with Crippen molar-refractivity contribution in [3.8, 4) is 0 Å². The SMILES string of the molecule is CN=C(NCc1ccc(N2CCN(C)CC2)nc1)N1CCN(c2ccccc2F)CC1. The highest BCUT2D eigenvalue weighted by Crippen LogP contribution is 2.20. The zero-order valence-electron chi connectivity index (χ0n) is 18.5. The quantitative estimate of drug-likeness (QED) is 0.596. The fraction of sp³-hybridized carbons (Fsp3) is 0.478. The summed E-state index contributed by atoms with van der Waals surface area (Å²) < 4.78 is 14.1. The molecule has 4 rings (SSSR count). The van der Waals surface area contributed by atoms with Crippen LogP contribution in [0.1, 0.15) is 5.56 Å². The summed E-state index contributed by atoms with van der Waals surface area (Å²) in [6.07, 6.45) is 1.95. The van der Waals surface area contributed by atoms with Crippen LogP contribution in [-0.4, -0.2) is 87.2 Å². The highest BCUT2D eigenvalue weighted by atomic mass is 19.1. The minimum absolute atomic E-state index is 0.161. The molecule has 31 heavy (non-hydrogen) atoms. The first-order valence-corrected chi connectivity index (χ1v) is 11.0. The van der Waals surface area contributed by atoms with Gasteiger partial charge in [0.25, 0.3) is 0 Å². The number of pyridine rings is 1. The molecule has 1 aromatic heterocycles. The third-order valence-corrected chi connectivity index (χ3v) is 6.07. The predicted octanol–water partition coefficient (Wildman–Crippen LogP) is 1.87. The van der Waals surface area contributed by atoms with Crippen LogP contribution in [0.2, 0.25) is 0 Å². The summed E-state index contributed by atoms with van der Waals surface area (Å²) in [7, 11) is 3.96. The molecule has 1 N–H and O–H groups in total. The van der Waals surface area contributed by atoms with Gasteiger partial charge in [-0.2, -0.15) is 0 Å². The van der Waals surface area contributed by atoms with Crippen LogP contribution in [0, 0.1) is 5.82 Å². The van der Waals surface area contributed by atoms with E-state index in [4.69, 9.17) is 0 Å². The second kappa shape index (κ2) is 9.96. The second-order valence-electron chi connectivity index (χ2n) is 8.14. The van der Waals surface area contributed by atoms with Crippen molar-refractivity contribution in [1.29, 1.82) is 0 Å². The molecule has 0 atom stereocenters. The van der Waals surface area contributed by atoms with Crippen LogP contribution in [0.3, 0.4) is 0 Å². The molecule has 0 radical (unpaired) electrons. The summed E-state index contributed by atoms with van der Waals surface area (Å²) in [4.78, 5) is 18.1. The number of rotatable bonds is 4. The van der Waals surface area contributed by atoms with Crippen LogP contribution in [0.4, 0.5) is 15.9 Å². The molecular weight excluding hydrogens is 393 g/mol. The maximum atomic E-state index is 14.1. The van der Waals surface area contributed by atoms with Crippen molar-refractivity contribution >= 4 is 17.5 Å². The van der Waals surface area contributed by atoms with E-state index in [2.05, 4.69) is 54.1 Å². The number of para-hydroxylation sites is 1. The number of halogens is 1. The van der Waals surface area contributed by atoms with Gasteiger partial charge in [-0.3, -0.25) is 4.99 Å². The monoisotopic (exact) mass is 425 g/mol. The van der Waals surface area contributed by atoms with Crippen LogP contribution in [0.5, 0.6) is 0 Å². The first-order chi connectivity index (χ1) is 15.1. The normalized spacial score (nSPS) is 18.4. The van der Waals surface area contributed by atoms with Crippen molar-refractivity contribution in [3.63, 3.8) is 0 Å². The van der Waals surface area contributed by atoms with Gasteiger partial charge in [0.1, 0.15) is 11.6 Å². The summed E-state index contributed by atoms with van der Waals surface area (Å²) in [5, 5.41) is 3.45. The average molecular weight is 426 g/mol. The molecular formula is C23H32FN7. The fourth-order valence-corrected chi connectivity index (χ4v) is 4.12. The van der Waals surface area contributed by atoms with Crippen LogP contribution < -0.4 is 15.1 Å². The third-order valence-electron chi connectivity index (χ3n) is 6.07. The van der Waals surface area contributed by atoms with Crippen molar-refractivity contribution in [2.45, 2.75) is 6.54 Å². The maximum absolute atomic E-state index is 14.1. The summed E-state index contributed by atoms with van der Waals surface area (Å²) >= 11 is 0. The van der Waals surface area contributed by atoms with E-state index in [0.717, 1.165) is 69.7 Å². The Bertz CT molecular complexity index is 870. The van der Waals surface area contributed by atoms with Crippen LogP contribution in [0.15, 0.2) is 47.6 Å². The summed E-state index contributed by atoms with van der Waals surface area (Å²) in [5.41, 5.74) is 1.81. The number of nitrogens with zero attached hydrogens (tertiary/aromatic N) is 6. The number of anilines is 2. The minimum atomic E-state index is -0.161. The lowest BCUT2D eigenvalue weighted by atomic mass is 10.2. The first kappa shape index (κ1) is 21.4. The van der Waals surface area contributed by atoms with E-state index in [1.807, 2.05) is 18.3 Å². The third kappa shape index (κ3) is 5.25. The van der Waals surface area contributed by atoms with Crippen LogP contribution >= 0.6 is 0 Å². The predicted molar refractivity (Wildman–Crippen MR) is 124 cm³/mol. The van der Waals surface area contributed by atoms with E-state index in [9.17, 15) is 4.39 Å². The molecule has 0 aliphatic carbocycles. The highest BCUT2D eigenvalue weighted by molar-refractivity contribution is 5.80. The number of aliphatic imine (C=N–C) groups is 1. The summed E-state index contributed by atoms with van der Waals surface area (Å²) in [6.45, 7) is 8.00. The van der Waals surface area contributed by atoms with Gasteiger partial charge in [-0.05, 0) is 30.8 Å². The fourth-order valence-electron chi connectivity index (χ4n) is 4.12. The van der Waals surface area contributed by atoms with Gasteiger partial charge in [0.05, 0.1) is 5.69 Å². The van der Waals surface area contributed by atoms with E-state index in [1.165, 1.54) is 6.07 Å². The van der Waals surface area contributed by atoms with E-state index in [-0.39, 0.29) is 5.82 Å². The van der Waals surface area contributed by atoms with Gasteiger partial charge in [-0.25, -0.2) is 9.37 Å². The van der Waals surface area contributed by atoms with E-state index in [0.29, 0.717) is 12.2 Å². The molecule has 1 aromatic carbocycles. The zero-order chi connectivity index (χ0) is 21.6. The summed E-state index contributed by atoms with van der Waals surface area (Å²) in [5.74, 6) is 1.76. The standard InChI is InChI=1S/C23H32FN7/c1-25-23(31-15-13-29(14-16-31)21-6-4-3-5-20(21)24)27-18-19-7-8-22(26-17-19)30-11-9-28(2)10-12-30/h3-8,17H,9-16,18H2,1-2H3,(H,25,27). The van der Waals surface area contributed by atoms with Gasteiger partial charge < -0.3 is 24.9 Å². The number of nitrogens with one attached hydrogen (secondary N) is 1. The molecule has 0 spiro atoms. The first-order valence-electron chi connectivity index (χ1n) is 11.0. The van der Waals surface area contributed by atoms with Crippen LogP contribution in [-0.2, 0) is 6.54 Å². The summed E-state index contributed by atoms with van der Waals surface area (Å²) in [6, 6.07) is 11.2.